The summed E-state index contributed by atoms with van der Waals surface area (Å²) in [5, 5.41) is 14.6. The van der Waals surface area contributed by atoms with Crippen molar-refractivity contribution in [1.29, 1.82) is 0 Å². The predicted molar refractivity (Wildman–Crippen MR) is 599 cm³/mol. The quantitative estimate of drug-likeness (QED) is 0.122. The molecule has 21 aromatic carbocycles. The summed E-state index contributed by atoms with van der Waals surface area (Å²) in [4.78, 5) is 0. The minimum atomic E-state index is 0.908. The zero-order valence-corrected chi connectivity index (χ0v) is 78.5. The van der Waals surface area contributed by atoms with Crippen LogP contribution < -0.4 is 0 Å². The van der Waals surface area contributed by atoms with Gasteiger partial charge in [-0.2, -0.15) is 0 Å². The number of para-hydroxylation sites is 10. The van der Waals surface area contributed by atoms with E-state index in [0.29, 0.717) is 0 Å². The Hall–Kier alpha value is -17.7. The summed E-state index contributed by atoms with van der Waals surface area (Å²) >= 11 is 5.68. The van der Waals surface area contributed by atoms with E-state index in [2.05, 4.69) is 493 Å². The third-order valence-corrected chi connectivity index (χ3v) is 32.0. The van der Waals surface area contributed by atoms with E-state index in [1.165, 1.54) is 166 Å². The van der Waals surface area contributed by atoms with Crippen molar-refractivity contribution >= 4 is 193 Å². The highest BCUT2D eigenvalue weighted by Gasteiger charge is 2.27. The fourth-order valence-corrected chi connectivity index (χ4v) is 25.8. The van der Waals surface area contributed by atoms with E-state index < -0.39 is 0 Å². The molecule has 0 saturated heterocycles. The second-order valence-electron chi connectivity index (χ2n) is 36.2. The maximum Gasteiger partial charge on any atom is 0.143 e. The topological polar surface area (TPSA) is 54.2 Å². The average Bonchev–Trinajstić information content (AvgIpc) is 1.56. The largest absolute Gasteiger partial charge is 0.455 e. The Morgan fingerprint density at radius 3 is 0.908 bits per heavy atom. The van der Waals surface area contributed by atoms with Crippen molar-refractivity contribution in [3.8, 4) is 117 Å². The minimum absolute atomic E-state index is 0.908. The van der Waals surface area contributed by atoms with Crippen LogP contribution in [0.1, 0.15) is 0 Å². The molecule has 30 rings (SSSR count). The number of thiophene rings is 3. The summed E-state index contributed by atoms with van der Waals surface area (Å²) in [7, 11) is 0. The van der Waals surface area contributed by atoms with Gasteiger partial charge in [-0.25, -0.2) is 0 Å². The van der Waals surface area contributed by atoms with Gasteiger partial charge in [-0.15, -0.1) is 34.0 Å². The average molecular weight is 1850 g/mol. The molecule has 0 fully saturated rings. The van der Waals surface area contributed by atoms with Gasteiger partial charge in [-0.1, -0.05) is 413 Å². The number of hydrogen-bond donors (Lipinski definition) is 0. The molecule has 6 nitrogen and oxygen atoms in total. The maximum atomic E-state index is 6.68. The van der Waals surface area contributed by atoms with Gasteiger partial charge in [0.15, 0.2) is 0 Å². The Kier molecular flexibility index (Phi) is 19.5. The molecule has 30 aromatic rings. The number of aromatic nitrogens is 3. The normalized spacial score (nSPS) is 11.8. The van der Waals surface area contributed by atoms with Crippen molar-refractivity contribution in [3.05, 3.63) is 491 Å². The van der Waals surface area contributed by atoms with Gasteiger partial charge in [0.05, 0.1) is 47.2 Å². The van der Waals surface area contributed by atoms with Gasteiger partial charge in [0.1, 0.15) is 33.5 Å². The first-order valence-corrected chi connectivity index (χ1v) is 50.3. The molecule has 141 heavy (non-hydrogen) atoms. The summed E-state index contributed by atoms with van der Waals surface area (Å²) in [5.41, 5.74) is 37.9. The lowest BCUT2D eigenvalue weighted by atomic mass is 9.95. The van der Waals surface area contributed by atoms with E-state index >= 15 is 0 Å². The maximum absolute atomic E-state index is 6.68. The molecular formula is C132H81N3O3S3. The number of fused-ring (bicyclic) bond motifs is 24. The molecule has 9 heterocycles. The van der Waals surface area contributed by atoms with E-state index in [-0.39, 0.29) is 0 Å². The molecule has 0 saturated carbocycles. The Morgan fingerprint density at radius 2 is 0.447 bits per heavy atom. The van der Waals surface area contributed by atoms with Gasteiger partial charge < -0.3 is 27.0 Å². The number of furan rings is 3. The van der Waals surface area contributed by atoms with Gasteiger partial charge >= 0.3 is 0 Å². The van der Waals surface area contributed by atoms with Crippen molar-refractivity contribution in [3.63, 3.8) is 0 Å². The van der Waals surface area contributed by atoms with Crippen molar-refractivity contribution < 1.29 is 13.3 Å². The number of benzene rings is 21. The van der Waals surface area contributed by atoms with E-state index in [9.17, 15) is 0 Å². The smallest absolute Gasteiger partial charge is 0.143 e. The zero-order chi connectivity index (χ0) is 92.7. The van der Waals surface area contributed by atoms with Crippen molar-refractivity contribution in [2.75, 3.05) is 0 Å². The van der Waals surface area contributed by atoms with Crippen LogP contribution in [0.25, 0.3) is 277 Å². The Balaban J connectivity index is 0.000000104. The van der Waals surface area contributed by atoms with Crippen molar-refractivity contribution in [2.24, 2.45) is 0 Å². The molecule has 660 valence electrons. The molecular weight excluding hydrogens is 1770 g/mol. The number of nitrogens with zero attached hydrogens (tertiary/aromatic N) is 3. The Morgan fingerprint density at radius 1 is 0.156 bits per heavy atom. The molecule has 0 atom stereocenters. The first kappa shape index (κ1) is 81.6. The van der Waals surface area contributed by atoms with Crippen LogP contribution in [0.15, 0.2) is 505 Å². The van der Waals surface area contributed by atoms with Crippen LogP contribution in [-0.4, -0.2) is 13.7 Å². The second kappa shape index (κ2) is 33.6. The van der Waals surface area contributed by atoms with Crippen LogP contribution in [0, 0.1) is 0 Å². The van der Waals surface area contributed by atoms with Gasteiger partial charge in [-0.3, -0.25) is 0 Å². The Bertz CT molecular complexity index is 10100. The lowest BCUT2D eigenvalue weighted by molar-refractivity contribution is 0.669. The molecule has 0 radical (unpaired) electrons. The molecule has 0 spiro atoms. The van der Waals surface area contributed by atoms with Crippen molar-refractivity contribution in [2.45, 2.75) is 0 Å². The first-order valence-electron chi connectivity index (χ1n) is 47.8. The van der Waals surface area contributed by atoms with Crippen LogP contribution in [-0.2, 0) is 0 Å². The van der Waals surface area contributed by atoms with Gasteiger partial charge in [0, 0.05) is 118 Å². The van der Waals surface area contributed by atoms with E-state index in [1.807, 2.05) is 46.1 Å². The standard InChI is InChI=1S/3C44H27NOS/c1-3-12-28(13-4-1)33-18-9-20-36-40-32(17-11-23-39(40)46-42(33)36)29-24-26-30(27-25-29)34-19-10-21-37-41-44(47-43(34)37)35-16-7-8-22-38(35)45(41)31-14-5-2-6-15-31;1-3-11-29(12-4-1)33-16-9-18-35-36-19-10-17-34(43(36)46-42(33)35)30-23-21-28(22-24-30)31-25-26-38-40(27-31)47-44-37-15-7-8-20-39(37)45(41(38)44)32-13-5-2-6-14-32;1-3-11-28(12-4-1)31-25-26-40-38(27-31)35-18-9-16-33(42(35)46-40)29-21-23-30(24-22-29)34-17-10-19-37-41-44(47-43(34)37)36-15-7-8-20-39(36)45(41)32-13-5-2-6-14-32/h3*1-27H. The third kappa shape index (κ3) is 13.6. The SMILES string of the molecule is c1ccc(-c2ccc3oc4c(-c5ccc(-c6cccc7c6sc6c8ccccc8n(-c8ccccc8)c76)cc5)cccc4c3c2)cc1.c1ccc(-c2cccc3c2oc2c(-c4ccc(-c5ccc6c(c5)sc5c7ccccc7n(-c7ccccc7)c65)cc4)cccc23)cc1.c1ccc(-c2cccc3c2oc2cccc(-c4ccc(-c5cccc6c5sc5c7ccccc7n(-c7ccccc7)c65)cc4)c23)cc1. The summed E-state index contributed by atoms with van der Waals surface area (Å²) in [6, 6.07) is 176. The highest BCUT2D eigenvalue weighted by atomic mass is 32.1. The Labute approximate surface area is 822 Å². The van der Waals surface area contributed by atoms with E-state index in [4.69, 9.17) is 13.3 Å². The highest BCUT2D eigenvalue weighted by Crippen LogP contribution is 2.52. The van der Waals surface area contributed by atoms with Crippen LogP contribution in [0.3, 0.4) is 0 Å². The zero-order valence-electron chi connectivity index (χ0n) is 76.1. The molecule has 9 heteroatoms. The second-order valence-corrected chi connectivity index (χ2v) is 39.3. The van der Waals surface area contributed by atoms with Crippen LogP contribution in [0.5, 0.6) is 0 Å². The molecule has 0 aliphatic rings. The molecule has 9 aromatic heterocycles. The summed E-state index contributed by atoms with van der Waals surface area (Å²) < 4.78 is 34.9. The van der Waals surface area contributed by atoms with Crippen LogP contribution >= 0.6 is 34.0 Å². The summed E-state index contributed by atoms with van der Waals surface area (Å²) in [6.07, 6.45) is 0. The summed E-state index contributed by atoms with van der Waals surface area (Å²) in [6.45, 7) is 0. The number of hydrogen-bond acceptors (Lipinski definition) is 6. The lowest BCUT2D eigenvalue weighted by Gasteiger charge is -2.09. The lowest BCUT2D eigenvalue weighted by Crippen LogP contribution is -1.92. The fraction of sp³-hybridized carbons (Fsp3) is 0. The molecule has 0 amide bonds. The van der Waals surface area contributed by atoms with Gasteiger partial charge in [-0.05, 0) is 157 Å². The predicted octanol–water partition coefficient (Wildman–Crippen LogP) is 38.7. The first-order chi connectivity index (χ1) is 70.0. The van der Waals surface area contributed by atoms with Crippen LogP contribution in [0.2, 0.25) is 0 Å². The molecule has 0 aliphatic carbocycles. The van der Waals surface area contributed by atoms with Crippen LogP contribution in [0.4, 0.5) is 0 Å². The number of rotatable bonds is 12. The van der Waals surface area contributed by atoms with Gasteiger partial charge in [0.25, 0.3) is 0 Å². The van der Waals surface area contributed by atoms with E-state index in [0.717, 1.165) is 110 Å². The summed E-state index contributed by atoms with van der Waals surface area (Å²) in [5.74, 6) is 0. The molecule has 0 N–H and O–H groups in total. The molecule has 0 aliphatic heterocycles. The van der Waals surface area contributed by atoms with Gasteiger partial charge in [0.2, 0.25) is 0 Å². The monoisotopic (exact) mass is 1850 g/mol. The van der Waals surface area contributed by atoms with Crippen molar-refractivity contribution in [1.82, 2.24) is 13.7 Å². The highest BCUT2D eigenvalue weighted by molar-refractivity contribution is 7.28. The molecule has 0 unspecified atom stereocenters. The fourth-order valence-electron chi connectivity index (χ4n) is 21.8. The third-order valence-electron chi connectivity index (χ3n) is 28.3. The molecule has 0 bridgehead atoms. The minimum Gasteiger partial charge on any atom is -0.455 e. The van der Waals surface area contributed by atoms with E-state index in [1.54, 1.807) is 0 Å².